The van der Waals surface area contributed by atoms with Crippen molar-refractivity contribution in [3.8, 4) is 16.9 Å². The van der Waals surface area contributed by atoms with Gasteiger partial charge in [0.25, 0.3) is 5.56 Å². The SMILES string of the molecule is COc1ccc(-c2cc(C)c(=O)[nH]c2C)cc1. The third kappa shape index (κ3) is 2.23. The van der Waals surface area contributed by atoms with Crippen molar-refractivity contribution in [3.05, 3.63) is 51.9 Å². The predicted molar refractivity (Wildman–Crippen MR) is 68.5 cm³/mol. The summed E-state index contributed by atoms with van der Waals surface area (Å²) in [5.41, 5.74) is 3.69. The van der Waals surface area contributed by atoms with Crippen molar-refractivity contribution in [2.75, 3.05) is 7.11 Å². The third-order valence-corrected chi connectivity index (χ3v) is 2.83. The molecule has 0 aliphatic carbocycles. The summed E-state index contributed by atoms with van der Waals surface area (Å²) in [5, 5.41) is 0. The van der Waals surface area contributed by atoms with E-state index in [1.165, 1.54) is 0 Å². The third-order valence-electron chi connectivity index (χ3n) is 2.83. The first kappa shape index (κ1) is 11.5. The van der Waals surface area contributed by atoms with Gasteiger partial charge in [0.15, 0.2) is 0 Å². The maximum atomic E-state index is 11.4. The highest BCUT2D eigenvalue weighted by Crippen LogP contribution is 2.24. The second kappa shape index (κ2) is 4.45. The minimum Gasteiger partial charge on any atom is -0.497 e. The fourth-order valence-corrected chi connectivity index (χ4v) is 1.80. The van der Waals surface area contributed by atoms with Crippen LogP contribution in [-0.4, -0.2) is 12.1 Å². The Morgan fingerprint density at radius 3 is 2.35 bits per heavy atom. The number of hydrogen-bond acceptors (Lipinski definition) is 2. The van der Waals surface area contributed by atoms with Gasteiger partial charge in [-0.05, 0) is 37.6 Å². The van der Waals surface area contributed by atoms with Crippen LogP contribution in [0.2, 0.25) is 0 Å². The Hall–Kier alpha value is -2.03. The standard InChI is InChI=1S/C14H15NO2/c1-9-8-13(10(2)15-14(9)16)11-4-6-12(17-3)7-5-11/h4-8H,1-3H3,(H,15,16). The number of ether oxygens (including phenoxy) is 1. The first-order chi connectivity index (χ1) is 8.11. The van der Waals surface area contributed by atoms with Crippen molar-refractivity contribution < 1.29 is 4.74 Å². The van der Waals surface area contributed by atoms with Crippen molar-refractivity contribution in [1.82, 2.24) is 4.98 Å². The molecule has 0 aliphatic heterocycles. The zero-order valence-electron chi connectivity index (χ0n) is 10.2. The molecule has 88 valence electrons. The Bertz CT molecular complexity index is 582. The van der Waals surface area contributed by atoms with Crippen LogP contribution in [0, 0.1) is 13.8 Å². The molecule has 2 rings (SSSR count). The van der Waals surface area contributed by atoms with Gasteiger partial charge in [-0.1, -0.05) is 12.1 Å². The number of H-pyrrole nitrogens is 1. The van der Waals surface area contributed by atoms with Crippen molar-refractivity contribution in [1.29, 1.82) is 0 Å². The van der Waals surface area contributed by atoms with E-state index in [9.17, 15) is 4.79 Å². The first-order valence-corrected chi connectivity index (χ1v) is 5.47. The molecular weight excluding hydrogens is 214 g/mol. The van der Waals surface area contributed by atoms with E-state index in [1.807, 2.05) is 44.2 Å². The topological polar surface area (TPSA) is 42.1 Å². The highest BCUT2D eigenvalue weighted by molar-refractivity contribution is 5.66. The lowest BCUT2D eigenvalue weighted by Gasteiger charge is -2.08. The van der Waals surface area contributed by atoms with Gasteiger partial charge in [-0.25, -0.2) is 0 Å². The summed E-state index contributed by atoms with van der Waals surface area (Å²) in [6.45, 7) is 3.71. The van der Waals surface area contributed by atoms with Crippen LogP contribution in [0.1, 0.15) is 11.3 Å². The van der Waals surface area contributed by atoms with E-state index in [2.05, 4.69) is 4.98 Å². The molecule has 0 unspecified atom stereocenters. The first-order valence-electron chi connectivity index (χ1n) is 5.47. The molecule has 1 aromatic heterocycles. The maximum absolute atomic E-state index is 11.4. The molecule has 1 aromatic carbocycles. The largest absolute Gasteiger partial charge is 0.497 e. The quantitative estimate of drug-likeness (QED) is 0.860. The average molecular weight is 229 g/mol. The van der Waals surface area contributed by atoms with Gasteiger partial charge in [0.1, 0.15) is 5.75 Å². The van der Waals surface area contributed by atoms with Gasteiger partial charge < -0.3 is 9.72 Å². The van der Waals surface area contributed by atoms with Crippen LogP contribution in [0.3, 0.4) is 0 Å². The number of pyridine rings is 1. The normalized spacial score (nSPS) is 10.3. The van der Waals surface area contributed by atoms with Crippen LogP contribution >= 0.6 is 0 Å². The predicted octanol–water partition coefficient (Wildman–Crippen LogP) is 2.67. The molecule has 0 aliphatic rings. The van der Waals surface area contributed by atoms with E-state index >= 15 is 0 Å². The minimum absolute atomic E-state index is 0.0280. The van der Waals surface area contributed by atoms with E-state index < -0.39 is 0 Å². The molecule has 17 heavy (non-hydrogen) atoms. The van der Waals surface area contributed by atoms with Crippen molar-refractivity contribution >= 4 is 0 Å². The summed E-state index contributed by atoms with van der Waals surface area (Å²) in [6.07, 6.45) is 0. The summed E-state index contributed by atoms with van der Waals surface area (Å²) in [5.74, 6) is 0.826. The van der Waals surface area contributed by atoms with Crippen LogP contribution in [0.5, 0.6) is 5.75 Å². The van der Waals surface area contributed by atoms with E-state index in [1.54, 1.807) is 7.11 Å². The van der Waals surface area contributed by atoms with E-state index in [4.69, 9.17) is 4.74 Å². The monoisotopic (exact) mass is 229 g/mol. The Morgan fingerprint density at radius 2 is 1.76 bits per heavy atom. The summed E-state index contributed by atoms with van der Waals surface area (Å²) in [4.78, 5) is 14.3. The number of aromatic amines is 1. The average Bonchev–Trinajstić information content (AvgIpc) is 2.34. The molecule has 0 saturated heterocycles. The van der Waals surface area contributed by atoms with Gasteiger partial charge in [-0.2, -0.15) is 0 Å². The van der Waals surface area contributed by atoms with Crippen LogP contribution < -0.4 is 10.3 Å². The van der Waals surface area contributed by atoms with Gasteiger partial charge in [0.2, 0.25) is 0 Å². The Kier molecular flexibility index (Phi) is 3.00. The molecule has 3 nitrogen and oxygen atoms in total. The fourth-order valence-electron chi connectivity index (χ4n) is 1.80. The van der Waals surface area contributed by atoms with E-state index in [0.29, 0.717) is 0 Å². The van der Waals surface area contributed by atoms with Gasteiger partial charge >= 0.3 is 0 Å². The summed E-state index contributed by atoms with van der Waals surface area (Å²) in [6, 6.07) is 9.71. The molecule has 0 atom stereocenters. The van der Waals surface area contributed by atoms with E-state index in [0.717, 1.165) is 28.1 Å². The maximum Gasteiger partial charge on any atom is 0.251 e. The second-order valence-electron chi connectivity index (χ2n) is 4.05. The number of nitrogens with one attached hydrogen (secondary N) is 1. The molecule has 1 N–H and O–H groups in total. The summed E-state index contributed by atoms with van der Waals surface area (Å²) < 4.78 is 5.12. The lowest BCUT2D eigenvalue weighted by Crippen LogP contribution is -2.11. The van der Waals surface area contributed by atoms with Gasteiger partial charge in [0.05, 0.1) is 7.11 Å². The molecule has 2 aromatic rings. The molecule has 1 heterocycles. The van der Waals surface area contributed by atoms with Crippen molar-refractivity contribution in [2.45, 2.75) is 13.8 Å². The van der Waals surface area contributed by atoms with Crippen LogP contribution in [0.15, 0.2) is 35.1 Å². The molecule has 3 heteroatoms. The molecular formula is C14H15NO2. The zero-order valence-corrected chi connectivity index (χ0v) is 10.2. The number of hydrogen-bond donors (Lipinski definition) is 1. The summed E-state index contributed by atoms with van der Waals surface area (Å²) >= 11 is 0. The second-order valence-corrected chi connectivity index (χ2v) is 4.05. The summed E-state index contributed by atoms with van der Waals surface area (Å²) in [7, 11) is 1.64. The van der Waals surface area contributed by atoms with Crippen LogP contribution in [-0.2, 0) is 0 Å². The number of aromatic nitrogens is 1. The number of methoxy groups -OCH3 is 1. The zero-order chi connectivity index (χ0) is 12.4. The lowest BCUT2D eigenvalue weighted by molar-refractivity contribution is 0.415. The van der Waals surface area contributed by atoms with E-state index in [-0.39, 0.29) is 5.56 Å². The molecule has 0 amide bonds. The minimum atomic E-state index is -0.0280. The van der Waals surface area contributed by atoms with Crippen molar-refractivity contribution in [2.24, 2.45) is 0 Å². The molecule has 0 radical (unpaired) electrons. The highest BCUT2D eigenvalue weighted by atomic mass is 16.5. The van der Waals surface area contributed by atoms with Gasteiger partial charge in [-0.15, -0.1) is 0 Å². The van der Waals surface area contributed by atoms with Gasteiger partial charge in [-0.3, -0.25) is 4.79 Å². The number of benzene rings is 1. The molecule has 0 saturated carbocycles. The smallest absolute Gasteiger partial charge is 0.251 e. The molecule has 0 spiro atoms. The fraction of sp³-hybridized carbons (Fsp3) is 0.214. The van der Waals surface area contributed by atoms with Crippen molar-refractivity contribution in [3.63, 3.8) is 0 Å². The van der Waals surface area contributed by atoms with Crippen LogP contribution in [0.4, 0.5) is 0 Å². The number of aryl methyl sites for hydroxylation is 2. The Morgan fingerprint density at radius 1 is 1.12 bits per heavy atom. The Balaban J connectivity index is 2.52. The molecule has 0 bridgehead atoms. The molecule has 0 fully saturated rings. The van der Waals surface area contributed by atoms with Gasteiger partial charge in [0, 0.05) is 16.8 Å². The highest BCUT2D eigenvalue weighted by Gasteiger charge is 2.05. The van der Waals surface area contributed by atoms with Crippen LogP contribution in [0.25, 0.3) is 11.1 Å². The number of rotatable bonds is 2. The lowest BCUT2D eigenvalue weighted by atomic mass is 10.0. The Labute approximate surface area is 100 Å².